The molecule has 0 saturated carbocycles. The smallest absolute Gasteiger partial charge is 0.0866 e. The van der Waals surface area contributed by atoms with Crippen LogP contribution in [0.2, 0.25) is 0 Å². The van der Waals surface area contributed by atoms with Gasteiger partial charge in [0.15, 0.2) is 0 Å². The Labute approximate surface area is 86.9 Å². The van der Waals surface area contributed by atoms with Crippen molar-refractivity contribution in [3.63, 3.8) is 0 Å². The Hall–Kier alpha value is -0.850. The van der Waals surface area contributed by atoms with Gasteiger partial charge in [-0.2, -0.15) is 5.26 Å². The summed E-state index contributed by atoms with van der Waals surface area (Å²) in [6.07, 6.45) is 0. The molecule has 0 spiro atoms. The van der Waals surface area contributed by atoms with Gasteiger partial charge in [0.25, 0.3) is 0 Å². The molecule has 1 aromatic carbocycles. The minimum atomic E-state index is 0.468. The van der Waals surface area contributed by atoms with Crippen LogP contribution in [-0.4, -0.2) is 18.5 Å². The van der Waals surface area contributed by atoms with Crippen LogP contribution in [0.4, 0.5) is 0 Å². The fraction of sp³-hybridized carbons (Fsp3) is 0.300. The van der Waals surface area contributed by atoms with Crippen LogP contribution in [0.15, 0.2) is 28.7 Å². The second kappa shape index (κ2) is 5.00. The predicted octanol–water partition coefficient (Wildman–Crippen LogP) is 2.40. The van der Waals surface area contributed by atoms with E-state index in [0.717, 1.165) is 11.0 Å². The normalized spacial score (nSPS) is 10.0. The van der Waals surface area contributed by atoms with E-state index in [2.05, 4.69) is 34.1 Å². The summed E-state index contributed by atoms with van der Waals surface area (Å²) < 4.78 is 1.08. The Morgan fingerprint density at radius 3 is 2.54 bits per heavy atom. The molecular weight excluding hydrogens is 228 g/mol. The van der Waals surface area contributed by atoms with E-state index in [1.54, 1.807) is 0 Å². The first-order chi connectivity index (χ1) is 6.22. The third-order valence-corrected chi connectivity index (χ3v) is 2.24. The van der Waals surface area contributed by atoms with E-state index >= 15 is 0 Å². The number of benzene rings is 1. The zero-order valence-corrected chi connectivity index (χ0v) is 9.08. The summed E-state index contributed by atoms with van der Waals surface area (Å²) in [6.45, 7) is 1.29. The second-order valence-corrected chi connectivity index (χ2v) is 3.87. The first-order valence-electron chi connectivity index (χ1n) is 4.02. The van der Waals surface area contributed by atoms with Gasteiger partial charge in [-0.3, -0.25) is 4.90 Å². The summed E-state index contributed by atoms with van der Waals surface area (Å²) in [4.78, 5) is 1.98. The highest BCUT2D eigenvalue weighted by Crippen LogP contribution is 2.11. The van der Waals surface area contributed by atoms with E-state index in [9.17, 15) is 0 Å². The molecule has 0 fully saturated rings. The maximum atomic E-state index is 8.46. The molecule has 0 bridgehead atoms. The molecule has 0 saturated heterocycles. The Balaban J connectivity index is 2.55. The van der Waals surface area contributed by atoms with Crippen molar-refractivity contribution in [3.8, 4) is 6.07 Å². The van der Waals surface area contributed by atoms with Gasteiger partial charge in [-0.1, -0.05) is 28.1 Å². The van der Waals surface area contributed by atoms with E-state index in [-0.39, 0.29) is 0 Å². The van der Waals surface area contributed by atoms with Crippen molar-refractivity contribution >= 4 is 15.9 Å². The van der Waals surface area contributed by atoms with Gasteiger partial charge in [0.05, 0.1) is 12.6 Å². The summed E-state index contributed by atoms with van der Waals surface area (Å²) in [7, 11) is 1.94. The molecule has 68 valence electrons. The average Bonchev–Trinajstić information content (AvgIpc) is 2.09. The van der Waals surface area contributed by atoms with Crippen molar-refractivity contribution in [2.75, 3.05) is 13.6 Å². The van der Waals surface area contributed by atoms with Gasteiger partial charge in [0, 0.05) is 11.0 Å². The van der Waals surface area contributed by atoms with Crippen LogP contribution in [-0.2, 0) is 6.54 Å². The maximum Gasteiger partial charge on any atom is 0.0866 e. The Kier molecular flexibility index (Phi) is 3.94. The summed E-state index contributed by atoms with van der Waals surface area (Å²) in [6, 6.07) is 10.2. The van der Waals surface area contributed by atoms with Gasteiger partial charge in [0.1, 0.15) is 0 Å². The lowest BCUT2D eigenvalue weighted by molar-refractivity contribution is 0.367. The minimum absolute atomic E-state index is 0.468. The maximum absolute atomic E-state index is 8.46. The number of hydrogen-bond donors (Lipinski definition) is 0. The molecule has 1 aromatic rings. The van der Waals surface area contributed by atoms with E-state index < -0.39 is 0 Å². The zero-order chi connectivity index (χ0) is 9.68. The van der Waals surface area contributed by atoms with Gasteiger partial charge in [-0.15, -0.1) is 0 Å². The molecule has 3 heteroatoms. The molecule has 0 N–H and O–H groups in total. The van der Waals surface area contributed by atoms with Crippen molar-refractivity contribution < 1.29 is 0 Å². The van der Waals surface area contributed by atoms with E-state index in [1.807, 2.05) is 24.1 Å². The van der Waals surface area contributed by atoms with Crippen LogP contribution >= 0.6 is 15.9 Å². The van der Waals surface area contributed by atoms with E-state index in [0.29, 0.717) is 6.54 Å². The van der Waals surface area contributed by atoms with Crippen LogP contribution in [0.25, 0.3) is 0 Å². The van der Waals surface area contributed by atoms with Gasteiger partial charge in [0.2, 0.25) is 0 Å². The lowest BCUT2D eigenvalue weighted by Gasteiger charge is -2.11. The summed E-state index contributed by atoms with van der Waals surface area (Å²) >= 11 is 3.38. The molecule has 0 heterocycles. The first kappa shape index (κ1) is 10.2. The van der Waals surface area contributed by atoms with Crippen molar-refractivity contribution in [2.24, 2.45) is 0 Å². The molecule has 0 atom stereocenters. The minimum Gasteiger partial charge on any atom is -0.289 e. The topological polar surface area (TPSA) is 27.0 Å². The van der Waals surface area contributed by atoms with Gasteiger partial charge in [-0.05, 0) is 24.7 Å². The molecule has 0 unspecified atom stereocenters. The Morgan fingerprint density at radius 2 is 2.00 bits per heavy atom. The highest BCUT2D eigenvalue weighted by atomic mass is 79.9. The third-order valence-electron chi connectivity index (χ3n) is 1.71. The van der Waals surface area contributed by atoms with E-state index in [1.165, 1.54) is 5.56 Å². The van der Waals surface area contributed by atoms with E-state index in [4.69, 9.17) is 5.26 Å². The Morgan fingerprint density at radius 1 is 1.38 bits per heavy atom. The molecule has 0 aliphatic rings. The van der Waals surface area contributed by atoms with Crippen LogP contribution in [0.1, 0.15) is 5.56 Å². The Bertz CT molecular complexity index is 300. The van der Waals surface area contributed by atoms with Crippen LogP contribution < -0.4 is 0 Å². The molecule has 0 aliphatic carbocycles. The average molecular weight is 239 g/mol. The second-order valence-electron chi connectivity index (χ2n) is 2.96. The van der Waals surface area contributed by atoms with Crippen LogP contribution in [0.3, 0.4) is 0 Å². The van der Waals surface area contributed by atoms with Crippen LogP contribution in [0, 0.1) is 11.3 Å². The number of rotatable bonds is 3. The number of hydrogen-bond acceptors (Lipinski definition) is 2. The molecule has 2 nitrogen and oxygen atoms in total. The van der Waals surface area contributed by atoms with Crippen LogP contribution in [0.5, 0.6) is 0 Å². The molecule has 0 aliphatic heterocycles. The highest BCUT2D eigenvalue weighted by Gasteiger charge is 1.98. The van der Waals surface area contributed by atoms with Crippen molar-refractivity contribution in [3.05, 3.63) is 34.3 Å². The van der Waals surface area contributed by atoms with Crippen molar-refractivity contribution in [2.45, 2.75) is 6.54 Å². The standard InChI is InChI=1S/C10H11BrN2/c1-13(7-6-12)8-9-2-4-10(11)5-3-9/h2-5H,7-8H2,1H3. The summed E-state index contributed by atoms with van der Waals surface area (Å²) in [5.74, 6) is 0. The summed E-state index contributed by atoms with van der Waals surface area (Å²) in [5, 5.41) is 8.46. The number of nitriles is 1. The number of nitrogens with zero attached hydrogens (tertiary/aromatic N) is 2. The van der Waals surface area contributed by atoms with Crippen molar-refractivity contribution in [1.29, 1.82) is 5.26 Å². The molecule has 13 heavy (non-hydrogen) atoms. The zero-order valence-electron chi connectivity index (χ0n) is 7.50. The molecule has 0 aromatic heterocycles. The lowest BCUT2D eigenvalue weighted by Crippen LogP contribution is -2.17. The molecule has 0 amide bonds. The molecule has 0 radical (unpaired) electrons. The fourth-order valence-corrected chi connectivity index (χ4v) is 1.34. The lowest BCUT2D eigenvalue weighted by atomic mass is 10.2. The van der Waals surface area contributed by atoms with Crippen molar-refractivity contribution in [1.82, 2.24) is 4.90 Å². The first-order valence-corrected chi connectivity index (χ1v) is 4.81. The quantitative estimate of drug-likeness (QED) is 0.757. The number of halogens is 1. The highest BCUT2D eigenvalue weighted by molar-refractivity contribution is 9.10. The van der Waals surface area contributed by atoms with Gasteiger partial charge >= 0.3 is 0 Å². The SMILES string of the molecule is CN(CC#N)Cc1ccc(Br)cc1. The monoisotopic (exact) mass is 238 g/mol. The fourth-order valence-electron chi connectivity index (χ4n) is 1.08. The van der Waals surface area contributed by atoms with Gasteiger partial charge < -0.3 is 0 Å². The predicted molar refractivity (Wildman–Crippen MR) is 56.1 cm³/mol. The summed E-state index contributed by atoms with van der Waals surface area (Å²) in [5.41, 5.74) is 1.22. The largest absolute Gasteiger partial charge is 0.289 e. The van der Waals surface area contributed by atoms with Gasteiger partial charge in [-0.25, -0.2) is 0 Å². The molecule has 1 rings (SSSR count). The molecular formula is C10H11BrN2. The third kappa shape index (κ3) is 3.58.